The smallest absolute Gasteiger partial charge is 0.0239 e. The van der Waals surface area contributed by atoms with Crippen LogP contribution in [0.4, 0.5) is 0 Å². The molecule has 3 unspecified atom stereocenters. The van der Waals surface area contributed by atoms with Gasteiger partial charge in [-0.3, -0.25) is 15.8 Å². The maximum Gasteiger partial charge on any atom is 0.0239 e. The van der Waals surface area contributed by atoms with Crippen molar-refractivity contribution in [3.8, 4) is 0 Å². The highest BCUT2D eigenvalue weighted by Gasteiger charge is 2.22. The van der Waals surface area contributed by atoms with Crippen molar-refractivity contribution in [1.29, 1.82) is 0 Å². The van der Waals surface area contributed by atoms with E-state index in [9.17, 15) is 0 Å². The summed E-state index contributed by atoms with van der Waals surface area (Å²) >= 11 is 0. The lowest BCUT2D eigenvalue weighted by atomic mass is 10.0. The minimum Gasteiger partial charge on any atom is -0.312 e. The van der Waals surface area contributed by atoms with Crippen LogP contribution in [0.3, 0.4) is 0 Å². The van der Waals surface area contributed by atoms with Crippen LogP contribution in [0.15, 0.2) is 24.3 Å². The van der Waals surface area contributed by atoms with E-state index in [-0.39, 0.29) is 0 Å². The van der Waals surface area contributed by atoms with Crippen LogP contribution in [0, 0.1) is 5.92 Å². The van der Waals surface area contributed by atoms with Gasteiger partial charge in [-0.25, -0.2) is 0 Å². The molecule has 0 bridgehead atoms. The zero-order chi connectivity index (χ0) is 16.1. The fraction of sp³-hybridized carbons (Fsp3) is 0.684. The van der Waals surface area contributed by atoms with Gasteiger partial charge in [-0.05, 0) is 44.4 Å². The predicted octanol–water partition coefficient (Wildman–Crippen LogP) is 2.26. The van der Waals surface area contributed by atoms with Crippen molar-refractivity contribution in [3.05, 3.63) is 35.4 Å². The van der Waals surface area contributed by atoms with Crippen molar-refractivity contribution in [2.24, 2.45) is 5.92 Å². The topological polar surface area (TPSA) is 39.3 Å². The largest absolute Gasteiger partial charge is 0.312 e. The minimum atomic E-state index is 0.548. The number of nitrogens with zero attached hydrogens (tertiary/aromatic N) is 1. The average molecular weight is 316 g/mol. The van der Waals surface area contributed by atoms with E-state index in [2.05, 4.69) is 59.2 Å². The molecular weight excluding hydrogens is 284 g/mol. The molecule has 2 aliphatic heterocycles. The van der Waals surface area contributed by atoms with Crippen LogP contribution in [0.25, 0.3) is 0 Å². The third-order valence-electron chi connectivity index (χ3n) is 5.56. The van der Waals surface area contributed by atoms with E-state index < -0.39 is 0 Å². The Bertz CT molecular complexity index is 490. The van der Waals surface area contributed by atoms with Gasteiger partial charge in [-0.1, -0.05) is 30.7 Å². The molecule has 23 heavy (non-hydrogen) atoms. The lowest BCUT2D eigenvalue weighted by Crippen LogP contribution is -2.37. The molecule has 2 saturated heterocycles. The van der Waals surface area contributed by atoms with Crippen molar-refractivity contribution in [2.45, 2.75) is 58.3 Å². The van der Waals surface area contributed by atoms with Crippen molar-refractivity contribution >= 4 is 0 Å². The summed E-state index contributed by atoms with van der Waals surface area (Å²) in [5.41, 5.74) is 9.48. The summed E-state index contributed by atoms with van der Waals surface area (Å²) in [7, 11) is 0. The first kappa shape index (κ1) is 16.9. The summed E-state index contributed by atoms with van der Waals surface area (Å²) in [6.45, 7) is 10.1. The molecule has 4 nitrogen and oxygen atoms in total. The van der Waals surface area contributed by atoms with Gasteiger partial charge in [0.15, 0.2) is 0 Å². The molecular formula is C19H32N4. The molecule has 3 rings (SSSR count). The predicted molar refractivity (Wildman–Crippen MR) is 96.0 cm³/mol. The van der Waals surface area contributed by atoms with Gasteiger partial charge in [0.05, 0.1) is 0 Å². The fourth-order valence-electron chi connectivity index (χ4n) is 3.78. The third-order valence-corrected chi connectivity index (χ3v) is 5.56. The number of hydrogen-bond acceptors (Lipinski definition) is 4. The Morgan fingerprint density at radius 1 is 1.17 bits per heavy atom. The zero-order valence-corrected chi connectivity index (χ0v) is 14.6. The molecule has 0 radical (unpaired) electrons. The molecule has 2 fully saturated rings. The van der Waals surface area contributed by atoms with E-state index >= 15 is 0 Å². The monoisotopic (exact) mass is 316 g/mol. The Kier molecular flexibility index (Phi) is 6.06. The third kappa shape index (κ3) is 4.54. The second kappa shape index (κ2) is 8.25. The maximum atomic E-state index is 3.66. The molecule has 0 saturated carbocycles. The second-order valence-electron chi connectivity index (χ2n) is 7.29. The van der Waals surface area contributed by atoms with Crippen LogP contribution in [0.1, 0.15) is 44.2 Å². The van der Waals surface area contributed by atoms with E-state index in [0.29, 0.717) is 12.0 Å². The van der Waals surface area contributed by atoms with Gasteiger partial charge >= 0.3 is 0 Å². The number of piperidine rings is 1. The Hall–Kier alpha value is -0.940. The molecule has 2 heterocycles. The highest BCUT2D eigenvalue weighted by atomic mass is 15.4. The average Bonchev–Trinajstić information content (AvgIpc) is 2.96. The van der Waals surface area contributed by atoms with Crippen LogP contribution < -0.4 is 16.2 Å². The SMILES string of the molecule is CC1NNCC1CNCc1ccccc1CN1CCCCC1C. The molecule has 3 atom stereocenters. The van der Waals surface area contributed by atoms with E-state index in [1.54, 1.807) is 0 Å². The molecule has 1 aromatic rings. The normalized spacial score (nSPS) is 29.0. The van der Waals surface area contributed by atoms with E-state index in [4.69, 9.17) is 0 Å². The molecule has 0 aliphatic carbocycles. The van der Waals surface area contributed by atoms with Crippen LogP contribution in [0.2, 0.25) is 0 Å². The number of hydrazine groups is 1. The molecule has 3 N–H and O–H groups in total. The van der Waals surface area contributed by atoms with Gasteiger partial charge < -0.3 is 5.32 Å². The molecule has 2 aliphatic rings. The molecule has 4 heteroatoms. The highest BCUT2D eigenvalue weighted by Crippen LogP contribution is 2.20. The lowest BCUT2D eigenvalue weighted by molar-refractivity contribution is 0.152. The molecule has 128 valence electrons. The summed E-state index contributed by atoms with van der Waals surface area (Å²) in [6.07, 6.45) is 4.09. The van der Waals surface area contributed by atoms with E-state index in [0.717, 1.165) is 32.2 Å². The summed E-state index contributed by atoms with van der Waals surface area (Å²) in [5, 5.41) is 3.66. The van der Waals surface area contributed by atoms with Crippen molar-refractivity contribution in [2.75, 3.05) is 19.6 Å². The second-order valence-corrected chi connectivity index (χ2v) is 7.29. The number of nitrogens with one attached hydrogen (secondary N) is 3. The van der Waals surface area contributed by atoms with Crippen molar-refractivity contribution < 1.29 is 0 Å². The summed E-state index contributed by atoms with van der Waals surface area (Å²) < 4.78 is 0. The van der Waals surface area contributed by atoms with Gasteiger partial charge in [0.2, 0.25) is 0 Å². The van der Waals surface area contributed by atoms with Crippen LogP contribution >= 0.6 is 0 Å². The van der Waals surface area contributed by atoms with Gasteiger partial charge in [-0.2, -0.15) is 0 Å². The van der Waals surface area contributed by atoms with Crippen LogP contribution in [-0.2, 0) is 13.1 Å². The summed E-state index contributed by atoms with van der Waals surface area (Å²) in [6, 6.07) is 10.2. The quantitative estimate of drug-likeness (QED) is 0.753. The minimum absolute atomic E-state index is 0.548. The van der Waals surface area contributed by atoms with E-state index in [1.165, 1.54) is 36.9 Å². The fourth-order valence-corrected chi connectivity index (χ4v) is 3.78. The standard InChI is InChI=1S/C19H32N4/c1-15-7-5-6-10-23(15)14-18-9-4-3-8-17(18)11-20-12-19-13-21-22-16(19)2/h3-4,8-9,15-16,19-22H,5-7,10-14H2,1-2H3. The van der Waals surface area contributed by atoms with Crippen molar-refractivity contribution in [1.82, 2.24) is 21.1 Å². The van der Waals surface area contributed by atoms with Gasteiger partial charge in [0.25, 0.3) is 0 Å². The number of hydrogen-bond donors (Lipinski definition) is 3. The molecule has 0 spiro atoms. The first-order chi connectivity index (χ1) is 11.2. The Balaban J connectivity index is 1.54. The van der Waals surface area contributed by atoms with Gasteiger partial charge in [-0.15, -0.1) is 0 Å². The number of rotatable bonds is 6. The maximum absolute atomic E-state index is 3.66. The summed E-state index contributed by atoms with van der Waals surface area (Å²) in [5.74, 6) is 0.671. The highest BCUT2D eigenvalue weighted by molar-refractivity contribution is 5.27. The number of benzene rings is 1. The molecule has 1 aromatic carbocycles. The first-order valence-electron chi connectivity index (χ1n) is 9.24. The van der Waals surface area contributed by atoms with Crippen LogP contribution in [-0.4, -0.2) is 36.6 Å². The van der Waals surface area contributed by atoms with Crippen molar-refractivity contribution in [3.63, 3.8) is 0 Å². The Morgan fingerprint density at radius 3 is 2.74 bits per heavy atom. The first-order valence-corrected chi connectivity index (χ1v) is 9.24. The Labute approximate surface area is 141 Å². The van der Waals surface area contributed by atoms with Crippen LogP contribution in [0.5, 0.6) is 0 Å². The molecule has 0 amide bonds. The summed E-state index contributed by atoms with van der Waals surface area (Å²) in [4.78, 5) is 2.65. The zero-order valence-electron chi connectivity index (χ0n) is 14.6. The van der Waals surface area contributed by atoms with Gasteiger partial charge in [0, 0.05) is 44.2 Å². The lowest BCUT2D eigenvalue weighted by Gasteiger charge is -2.33. The Morgan fingerprint density at radius 2 is 2.00 bits per heavy atom. The van der Waals surface area contributed by atoms with E-state index in [1.807, 2.05) is 0 Å². The molecule has 0 aromatic heterocycles. The van der Waals surface area contributed by atoms with Gasteiger partial charge in [0.1, 0.15) is 0 Å². The number of likely N-dealkylation sites (tertiary alicyclic amines) is 1.